The van der Waals surface area contributed by atoms with E-state index in [1.165, 1.54) is 32.1 Å². The van der Waals surface area contributed by atoms with Gasteiger partial charge in [-0.3, -0.25) is 9.69 Å². The van der Waals surface area contributed by atoms with Gasteiger partial charge in [-0.05, 0) is 32.2 Å². The normalized spacial score (nSPS) is 24.8. The van der Waals surface area contributed by atoms with Gasteiger partial charge in [0.1, 0.15) is 0 Å². The van der Waals surface area contributed by atoms with Crippen LogP contribution in [0.1, 0.15) is 32.1 Å². The second kappa shape index (κ2) is 6.90. The molecule has 0 aromatic carbocycles. The molecule has 1 atom stereocenters. The van der Waals surface area contributed by atoms with E-state index in [-0.39, 0.29) is 5.91 Å². The molecule has 1 aliphatic heterocycles. The van der Waals surface area contributed by atoms with Crippen LogP contribution >= 0.6 is 0 Å². The van der Waals surface area contributed by atoms with Crippen LogP contribution in [0, 0.1) is 0 Å². The summed E-state index contributed by atoms with van der Waals surface area (Å²) in [5.41, 5.74) is 0. The lowest BCUT2D eigenvalue weighted by molar-refractivity contribution is -0.122. The monoisotopic (exact) mass is 251 g/mol. The molecule has 1 saturated heterocycles. The second-order valence-corrected chi connectivity index (χ2v) is 5.40. The quantitative estimate of drug-likeness (QED) is 0.661. The first-order chi connectivity index (χ1) is 8.79. The van der Waals surface area contributed by atoms with Crippen molar-refractivity contribution >= 4 is 5.91 Å². The molecular weight excluding hydrogens is 226 g/mol. The molecule has 1 saturated carbocycles. The maximum atomic E-state index is 11.7. The van der Waals surface area contributed by atoms with Crippen molar-refractivity contribution in [3.8, 4) is 0 Å². The summed E-state index contributed by atoms with van der Waals surface area (Å²) in [6, 6.07) is 1.29. The van der Waals surface area contributed by atoms with Crippen molar-refractivity contribution in [3.05, 3.63) is 12.7 Å². The summed E-state index contributed by atoms with van der Waals surface area (Å²) in [7, 11) is 0. The Morgan fingerprint density at radius 1 is 1.33 bits per heavy atom. The first kappa shape index (κ1) is 13.6. The molecule has 2 rings (SSSR count). The summed E-state index contributed by atoms with van der Waals surface area (Å²) in [5, 5.41) is 6.44. The minimum absolute atomic E-state index is 0.119. The number of carbonyl (C=O) groups is 1. The fraction of sp³-hybridized carbons (Fsp3) is 0.786. The SMILES string of the molecule is C=CCNC(=O)CN1CCCCC1CNC1CC1. The van der Waals surface area contributed by atoms with Gasteiger partial charge in [-0.25, -0.2) is 0 Å². The summed E-state index contributed by atoms with van der Waals surface area (Å²) in [6.45, 7) is 6.81. The number of carbonyl (C=O) groups excluding carboxylic acids is 1. The van der Waals surface area contributed by atoms with E-state index in [0.717, 1.165) is 19.1 Å². The zero-order valence-electron chi connectivity index (χ0n) is 11.2. The van der Waals surface area contributed by atoms with Gasteiger partial charge in [-0.2, -0.15) is 0 Å². The fourth-order valence-electron chi connectivity index (χ4n) is 2.52. The van der Waals surface area contributed by atoms with Crippen molar-refractivity contribution in [1.82, 2.24) is 15.5 Å². The number of rotatable bonds is 7. The van der Waals surface area contributed by atoms with Gasteiger partial charge in [0, 0.05) is 25.2 Å². The maximum Gasteiger partial charge on any atom is 0.234 e. The van der Waals surface area contributed by atoms with E-state index in [4.69, 9.17) is 0 Å². The smallest absolute Gasteiger partial charge is 0.234 e. The molecular formula is C14H25N3O. The topological polar surface area (TPSA) is 44.4 Å². The van der Waals surface area contributed by atoms with Crippen LogP contribution < -0.4 is 10.6 Å². The largest absolute Gasteiger partial charge is 0.352 e. The van der Waals surface area contributed by atoms with Crippen molar-refractivity contribution in [3.63, 3.8) is 0 Å². The number of hydrogen-bond acceptors (Lipinski definition) is 3. The number of nitrogens with one attached hydrogen (secondary N) is 2. The third kappa shape index (κ3) is 4.42. The molecule has 4 nitrogen and oxygen atoms in total. The van der Waals surface area contributed by atoms with Gasteiger partial charge in [0.2, 0.25) is 5.91 Å². The van der Waals surface area contributed by atoms with Crippen LogP contribution in [0.3, 0.4) is 0 Å². The Morgan fingerprint density at radius 3 is 2.89 bits per heavy atom. The van der Waals surface area contributed by atoms with E-state index in [0.29, 0.717) is 19.1 Å². The molecule has 0 spiro atoms. The Labute approximate surface area is 110 Å². The molecule has 0 radical (unpaired) electrons. The lowest BCUT2D eigenvalue weighted by Crippen LogP contribution is -2.49. The summed E-state index contributed by atoms with van der Waals surface area (Å²) in [6.07, 6.45) is 8.10. The Kier molecular flexibility index (Phi) is 5.20. The van der Waals surface area contributed by atoms with Crippen LogP contribution in [-0.4, -0.2) is 49.1 Å². The first-order valence-corrected chi connectivity index (χ1v) is 7.14. The first-order valence-electron chi connectivity index (χ1n) is 7.14. The average molecular weight is 251 g/mol. The molecule has 1 heterocycles. The molecule has 1 amide bonds. The van der Waals surface area contributed by atoms with Gasteiger partial charge in [0.25, 0.3) is 0 Å². The van der Waals surface area contributed by atoms with Crippen molar-refractivity contribution in [1.29, 1.82) is 0 Å². The predicted octanol–water partition coefficient (Wildman–Crippen LogP) is 0.895. The van der Waals surface area contributed by atoms with Crippen molar-refractivity contribution in [2.75, 3.05) is 26.2 Å². The van der Waals surface area contributed by atoms with E-state index < -0.39 is 0 Å². The summed E-state index contributed by atoms with van der Waals surface area (Å²) >= 11 is 0. The third-order valence-corrected chi connectivity index (χ3v) is 3.76. The van der Waals surface area contributed by atoms with E-state index in [1.807, 2.05) is 0 Å². The maximum absolute atomic E-state index is 11.7. The Morgan fingerprint density at radius 2 is 2.17 bits per heavy atom. The van der Waals surface area contributed by atoms with Gasteiger partial charge >= 0.3 is 0 Å². The van der Waals surface area contributed by atoms with Crippen LogP contribution in [0.4, 0.5) is 0 Å². The minimum Gasteiger partial charge on any atom is -0.352 e. The molecule has 2 N–H and O–H groups in total. The number of nitrogens with zero attached hydrogens (tertiary/aromatic N) is 1. The molecule has 0 bridgehead atoms. The van der Waals surface area contributed by atoms with Crippen LogP contribution in [0.25, 0.3) is 0 Å². The van der Waals surface area contributed by atoms with Crippen molar-refractivity contribution in [2.45, 2.75) is 44.2 Å². The van der Waals surface area contributed by atoms with E-state index in [1.54, 1.807) is 6.08 Å². The van der Waals surface area contributed by atoms with Crippen molar-refractivity contribution in [2.24, 2.45) is 0 Å². The summed E-state index contributed by atoms with van der Waals surface area (Å²) in [5.74, 6) is 0.119. The molecule has 1 aliphatic carbocycles. The molecule has 0 aromatic heterocycles. The second-order valence-electron chi connectivity index (χ2n) is 5.40. The van der Waals surface area contributed by atoms with Crippen LogP contribution in [0.15, 0.2) is 12.7 Å². The number of amides is 1. The zero-order chi connectivity index (χ0) is 12.8. The van der Waals surface area contributed by atoms with E-state index in [2.05, 4.69) is 22.1 Å². The van der Waals surface area contributed by atoms with Crippen LogP contribution in [0.2, 0.25) is 0 Å². The number of piperidine rings is 1. The van der Waals surface area contributed by atoms with Gasteiger partial charge < -0.3 is 10.6 Å². The standard InChI is InChI=1S/C14H25N3O/c1-2-8-15-14(18)11-17-9-4-3-5-13(17)10-16-12-6-7-12/h2,12-13,16H,1,3-11H2,(H,15,18). The average Bonchev–Trinajstić information content (AvgIpc) is 3.19. The lowest BCUT2D eigenvalue weighted by Gasteiger charge is -2.35. The fourth-order valence-corrected chi connectivity index (χ4v) is 2.52. The Bertz CT molecular complexity index is 289. The molecule has 2 fully saturated rings. The number of likely N-dealkylation sites (tertiary alicyclic amines) is 1. The van der Waals surface area contributed by atoms with E-state index in [9.17, 15) is 4.79 Å². The van der Waals surface area contributed by atoms with Gasteiger partial charge in [-0.15, -0.1) is 6.58 Å². The van der Waals surface area contributed by atoms with Crippen LogP contribution in [-0.2, 0) is 4.79 Å². The highest BCUT2D eigenvalue weighted by Gasteiger charge is 2.27. The number of hydrogen-bond donors (Lipinski definition) is 2. The van der Waals surface area contributed by atoms with Gasteiger partial charge in [0.05, 0.1) is 6.54 Å². The molecule has 2 aliphatic rings. The molecule has 102 valence electrons. The Balaban J connectivity index is 1.74. The van der Waals surface area contributed by atoms with Crippen LogP contribution in [0.5, 0.6) is 0 Å². The molecule has 4 heteroatoms. The Hall–Kier alpha value is -0.870. The molecule has 0 aromatic rings. The highest BCUT2D eigenvalue weighted by Crippen LogP contribution is 2.21. The highest BCUT2D eigenvalue weighted by molar-refractivity contribution is 5.78. The van der Waals surface area contributed by atoms with Gasteiger partial charge in [0.15, 0.2) is 0 Å². The summed E-state index contributed by atoms with van der Waals surface area (Å²) in [4.78, 5) is 14.1. The minimum atomic E-state index is 0.119. The van der Waals surface area contributed by atoms with Gasteiger partial charge in [-0.1, -0.05) is 12.5 Å². The molecule has 1 unspecified atom stereocenters. The zero-order valence-corrected chi connectivity index (χ0v) is 11.2. The lowest BCUT2D eigenvalue weighted by atomic mass is 10.0. The highest BCUT2D eigenvalue weighted by atomic mass is 16.2. The third-order valence-electron chi connectivity index (χ3n) is 3.76. The summed E-state index contributed by atoms with van der Waals surface area (Å²) < 4.78 is 0. The predicted molar refractivity (Wildman–Crippen MR) is 73.4 cm³/mol. The molecule has 18 heavy (non-hydrogen) atoms. The van der Waals surface area contributed by atoms with Crippen molar-refractivity contribution < 1.29 is 4.79 Å². The van der Waals surface area contributed by atoms with E-state index >= 15 is 0 Å².